The van der Waals surface area contributed by atoms with Gasteiger partial charge in [0.1, 0.15) is 0 Å². The van der Waals surface area contributed by atoms with Gasteiger partial charge in [0.15, 0.2) is 0 Å². The third-order valence-corrected chi connectivity index (χ3v) is 2.16. The van der Waals surface area contributed by atoms with Gasteiger partial charge in [-0.3, -0.25) is 4.68 Å². The summed E-state index contributed by atoms with van der Waals surface area (Å²) in [5.74, 6) is 0. The maximum absolute atomic E-state index is 5.74. The van der Waals surface area contributed by atoms with Crippen LogP contribution in [0.4, 0.5) is 0 Å². The monoisotopic (exact) mass is 231 g/mol. The van der Waals surface area contributed by atoms with E-state index in [2.05, 4.69) is 10.4 Å². The van der Waals surface area contributed by atoms with Crippen molar-refractivity contribution in [2.24, 2.45) is 0 Å². The molecule has 0 bridgehead atoms. The van der Waals surface area contributed by atoms with Gasteiger partial charge < -0.3 is 10.1 Å². The fourth-order valence-electron chi connectivity index (χ4n) is 1.22. The number of aromatic nitrogens is 2. The van der Waals surface area contributed by atoms with E-state index < -0.39 is 0 Å². The van der Waals surface area contributed by atoms with Crippen molar-refractivity contribution in [3.05, 3.63) is 17.4 Å². The second-order valence-electron chi connectivity index (χ2n) is 3.22. The van der Waals surface area contributed by atoms with E-state index in [0.717, 1.165) is 39.3 Å². The van der Waals surface area contributed by atoms with Crippen molar-refractivity contribution >= 4 is 11.6 Å². The topological polar surface area (TPSA) is 39.1 Å². The average Bonchev–Trinajstić information content (AvgIpc) is 2.63. The Kier molecular flexibility index (Phi) is 6.39. The van der Waals surface area contributed by atoms with Crippen LogP contribution >= 0.6 is 11.6 Å². The fourth-order valence-corrected chi connectivity index (χ4v) is 1.38. The van der Waals surface area contributed by atoms with Gasteiger partial charge in [-0.05, 0) is 19.9 Å². The fraction of sp³-hybridized carbons (Fsp3) is 0.700. The number of nitrogens with zero attached hydrogens (tertiary/aromatic N) is 2. The average molecular weight is 232 g/mol. The Bertz CT molecular complexity index is 265. The molecule has 1 N–H and O–H groups in total. The molecule has 0 aliphatic heterocycles. The summed E-state index contributed by atoms with van der Waals surface area (Å²) in [7, 11) is 0. The van der Waals surface area contributed by atoms with Crippen LogP contribution in [0.5, 0.6) is 0 Å². The van der Waals surface area contributed by atoms with Crippen molar-refractivity contribution < 1.29 is 4.74 Å². The summed E-state index contributed by atoms with van der Waals surface area (Å²) in [5, 5.41) is 8.09. The van der Waals surface area contributed by atoms with Crippen LogP contribution < -0.4 is 5.32 Å². The van der Waals surface area contributed by atoms with Gasteiger partial charge in [0.05, 0.1) is 17.8 Å². The smallest absolute Gasteiger partial charge is 0.0785 e. The van der Waals surface area contributed by atoms with Crippen LogP contribution in [-0.4, -0.2) is 36.1 Å². The second-order valence-corrected chi connectivity index (χ2v) is 3.66. The van der Waals surface area contributed by atoms with Crippen molar-refractivity contribution in [3.63, 3.8) is 0 Å². The first-order valence-electron chi connectivity index (χ1n) is 5.29. The molecule has 0 saturated heterocycles. The zero-order chi connectivity index (χ0) is 10.9. The minimum absolute atomic E-state index is 0.686. The molecule has 0 unspecified atom stereocenters. The molecule has 1 aromatic rings. The van der Waals surface area contributed by atoms with Gasteiger partial charge in [0, 0.05) is 26.0 Å². The lowest BCUT2D eigenvalue weighted by atomic mass is 10.4. The molecule has 1 heterocycles. The lowest BCUT2D eigenvalue weighted by Gasteiger charge is -2.04. The van der Waals surface area contributed by atoms with E-state index >= 15 is 0 Å². The van der Waals surface area contributed by atoms with E-state index in [4.69, 9.17) is 16.3 Å². The van der Waals surface area contributed by atoms with Gasteiger partial charge in [-0.2, -0.15) is 5.10 Å². The molecule has 0 aliphatic rings. The Morgan fingerprint density at radius 3 is 3.07 bits per heavy atom. The predicted molar refractivity (Wildman–Crippen MR) is 61.2 cm³/mol. The van der Waals surface area contributed by atoms with Crippen molar-refractivity contribution in [3.8, 4) is 0 Å². The molecule has 86 valence electrons. The highest BCUT2D eigenvalue weighted by atomic mass is 35.5. The summed E-state index contributed by atoms with van der Waals surface area (Å²) in [4.78, 5) is 0. The quantitative estimate of drug-likeness (QED) is 0.690. The molecule has 0 atom stereocenters. The van der Waals surface area contributed by atoms with Gasteiger partial charge in [0.25, 0.3) is 0 Å². The minimum atomic E-state index is 0.686. The van der Waals surface area contributed by atoms with Crippen LogP contribution in [0.3, 0.4) is 0 Å². The van der Waals surface area contributed by atoms with Gasteiger partial charge in [0.2, 0.25) is 0 Å². The van der Waals surface area contributed by atoms with E-state index in [1.165, 1.54) is 0 Å². The molecule has 0 fully saturated rings. The Hall–Kier alpha value is -0.580. The summed E-state index contributed by atoms with van der Waals surface area (Å²) < 4.78 is 7.06. The van der Waals surface area contributed by atoms with E-state index in [0.29, 0.717) is 5.02 Å². The highest BCUT2D eigenvalue weighted by Crippen LogP contribution is 2.03. The first-order valence-corrected chi connectivity index (χ1v) is 5.67. The molecule has 1 aromatic heterocycles. The number of rotatable bonds is 8. The normalized spacial score (nSPS) is 10.8. The SMILES string of the molecule is CCOCCCNCCn1cc(Cl)cn1. The van der Waals surface area contributed by atoms with E-state index in [1.807, 2.05) is 17.8 Å². The van der Waals surface area contributed by atoms with Gasteiger partial charge in [-0.1, -0.05) is 11.6 Å². The van der Waals surface area contributed by atoms with E-state index in [9.17, 15) is 0 Å². The number of hydrogen-bond donors (Lipinski definition) is 1. The minimum Gasteiger partial charge on any atom is -0.382 e. The van der Waals surface area contributed by atoms with Gasteiger partial charge in [-0.15, -0.1) is 0 Å². The highest BCUT2D eigenvalue weighted by molar-refractivity contribution is 6.30. The van der Waals surface area contributed by atoms with Crippen molar-refractivity contribution in [1.29, 1.82) is 0 Å². The lowest BCUT2D eigenvalue weighted by Crippen LogP contribution is -2.22. The highest BCUT2D eigenvalue weighted by Gasteiger charge is 1.94. The van der Waals surface area contributed by atoms with Crippen molar-refractivity contribution in [1.82, 2.24) is 15.1 Å². The van der Waals surface area contributed by atoms with E-state index in [1.54, 1.807) is 6.20 Å². The zero-order valence-corrected chi connectivity index (χ0v) is 9.83. The maximum atomic E-state index is 5.74. The Morgan fingerprint density at radius 1 is 1.53 bits per heavy atom. The Labute approximate surface area is 95.6 Å². The molecule has 0 radical (unpaired) electrons. The van der Waals surface area contributed by atoms with Gasteiger partial charge >= 0.3 is 0 Å². The Balaban J connectivity index is 1.93. The number of hydrogen-bond acceptors (Lipinski definition) is 3. The molecular formula is C10H18ClN3O. The molecule has 0 aliphatic carbocycles. The van der Waals surface area contributed by atoms with Crippen LogP contribution in [0.2, 0.25) is 5.02 Å². The summed E-state index contributed by atoms with van der Waals surface area (Å²) in [6.45, 7) is 6.37. The van der Waals surface area contributed by atoms with Crippen LogP contribution in [-0.2, 0) is 11.3 Å². The standard InChI is InChI=1S/C10H18ClN3O/c1-2-15-7-3-4-12-5-6-14-9-10(11)8-13-14/h8-9,12H,2-7H2,1H3. The third kappa shape index (κ3) is 5.77. The maximum Gasteiger partial charge on any atom is 0.0785 e. The predicted octanol–water partition coefficient (Wildman–Crippen LogP) is 1.55. The van der Waals surface area contributed by atoms with Crippen LogP contribution in [0.15, 0.2) is 12.4 Å². The molecule has 5 heteroatoms. The van der Waals surface area contributed by atoms with Gasteiger partial charge in [-0.25, -0.2) is 0 Å². The third-order valence-electron chi connectivity index (χ3n) is 1.97. The van der Waals surface area contributed by atoms with E-state index in [-0.39, 0.29) is 0 Å². The van der Waals surface area contributed by atoms with Crippen molar-refractivity contribution in [2.75, 3.05) is 26.3 Å². The molecule has 15 heavy (non-hydrogen) atoms. The summed E-state index contributed by atoms with van der Waals surface area (Å²) in [5.41, 5.74) is 0. The number of halogens is 1. The van der Waals surface area contributed by atoms with Crippen LogP contribution in [0, 0.1) is 0 Å². The molecule has 1 rings (SSSR count). The first-order chi connectivity index (χ1) is 7.33. The molecule has 0 spiro atoms. The number of nitrogens with one attached hydrogen (secondary N) is 1. The summed E-state index contributed by atoms with van der Waals surface area (Å²) in [6.07, 6.45) is 4.52. The second kappa shape index (κ2) is 7.68. The molecule has 4 nitrogen and oxygen atoms in total. The Morgan fingerprint density at radius 2 is 2.40 bits per heavy atom. The number of ether oxygens (including phenoxy) is 1. The summed E-state index contributed by atoms with van der Waals surface area (Å²) >= 11 is 5.74. The molecular weight excluding hydrogens is 214 g/mol. The molecule has 0 saturated carbocycles. The first kappa shape index (κ1) is 12.5. The molecule has 0 aromatic carbocycles. The largest absolute Gasteiger partial charge is 0.382 e. The molecule has 0 amide bonds. The van der Waals surface area contributed by atoms with Crippen LogP contribution in [0.25, 0.3) is 0 Å². The summed E-state index contributed by atoms with van der Waals surface area (Å²) in [6, 6.07) is 0. The van der Waals surface area contributed by atoms with Crippen LogP contribution in [0.1, 0.15) is 13.3 Å². The van der Waals surface area contributed by atoms with Crippen molar-refractivity contribution in [2.45, 2.75) is 19.9 Å². The lowest BCUT2D eigenvalue weighted by molar-refractivity contribution is 0.144. The zero-order valence-electron chi connectivity index (χ0n) is 9.08.